The van der Waals surface area contributed by atoms with Gasteiger partial charge in [0.2, 0.25) is 0 Å². The van der Waals surface area contributed by atoms with E-state index in [4.69, 9.17) is 0 Å². The van der Waals surface area contributed by atoms with Crippen LogP contribution in [0, 0.1) is 0 Å². The number of allylic oxidation sites excluding steroid dienone is 2. The van der Waals surface area contributed by atoms with Crippen molar-refractivity contribution in [2.75, 3.05) is 0 Å². The molecule has 2 aromatic carbocycles. The molecule has 0 aromatic heterocycles. The lowest BCUT2D eigenvalue weighted by Gasteiger charge is -2.14. The van der Waals surface area contributed by atoms with Crippen molar-refractivity contribution in [3.63, 3.8) is 0 Å². The molecule has 0 aliphatic carbocycles. The van der Waals surface area contributed by atoms with Crippen molar-refractivity contribution >= 4 is 0 Å². The Balaban J connectivity index is 2.43. The fourth-order valence-electron chi connectivity index (χ4n) is 1.99. The first-order chi connectivity index (χ1) is 8.31. The third-order valence-electron chi connectivity index (χ3n) is 2.77. The highest BCUT2D eigenvalue weighted by Gasteiger charge is 2.10. The van der Waals surface area contributed by atoms with Gasteiger partial charge in [-0.3, -0.25) is 0 Å². The van der Waals surface area contributed by atoms with Crippen LogP contribution in [0.5, 0.6) is 5.75 Å². The number of benzene rings is 2. The second kappa shape index (κ2) is 5.35. The van der Waals surface area contributed by atoms with Gasteiger partial charge in [0.15, 0.2) is 0 Å². The zero-order valence-corrected chi connectivity index (χ0v) is 9.88. The molecule has 0 aliphatic rings. The van der Waals surface area contributed by atoms with Gasteiger partial charge in [0.05, 0.1) is 0 Å². The van der Waals surface area contributed by atoms with Crippen molar-refractivity contribution in [2.24, 2.45) is 0 Å². The van der Waals surface area contributed by atoms with Crippen LogP contribution in [0.4, 0.5) is 0 Å². The van der Waals surface area contributed by atoms with Gasteiger partial charge in [-0.2, -0.15) is 0 Å². The standard InChI is InChI=1S/C16H16O/c1-2-7-16(13-8-4-3-5-9-13)14-10-6-11-15(17)12-14/h2-12,16-17H,1H3/b7-2+. The van der Waals surface area contributed by atoms with E-state index in [-0.39, 0.29) is 5.92 Å². The molecule has 0 saturated heterocycles. The Bertz CT molecular complexity index is 500. The molecule has 1 nitrogen and oxygen atoms in total. The van der Waals surface area contributed by atoms with E-state index >= 15 is 0 Å². The van der Waals surface area contributed by atoms with Gasteiger partial charge in [-0.1, -0.05) is 54.6 Å². The van der Waals surface area contributed by atoms with E-state index in [2.05, 4.69) is 18.2 Å². The lowest BCUT2D eigenvalue weighted by molar-refractivity contribution is 0.474. The Morgan fingerprint density at radius 3 is 2.29 bits per heavy atom. The smallest absolute Gasteiger partial charge is 0.115 e. The molecule has 17 heavy (non-hydrogen) atoms. The Labute approximate surface area is 102 Å². The summed E-state index contributed by atoms with van der Waals surface area (Å²) in [5, 5.41) is 9.55. The molecule has 0 amide bonds. The SMILES string of the molecule is C/C=C/C(c1ccccc1)c1cccc(O)c1. The second-order valence-electron chi connectivity index (χ2n) is 4.01. The largest absolute Gasteiger partial charge is 0.508 e. The first kappa shape index (κ1) is 11.5. The topological polar surface area (TPSA) is 20.2 Å². The zero-order chi connectivity index (χ0) is 12.1. The van der Waals surface area contributed by atoms with Crippen molar-refractivity contribution in [2.45, 2.75) is 12.8 Å². The summed E-state index contributed by atoms with van der Waals surface area (Å²) in [6, 6.07) is 17.7. The van der Waals surface area contributed by atoms with Crippen molar-refractivity contribution in [3.8, 4) is 5.75 Å². The minimum Gasteiger partial charge on any atom is -0.508 e. The highest BCUT2D eigenvalue weighted by atomic mass is 16.3. The number of phenolic OH excluding ortho intramolecular Hbond substituents is 1. The fraction of sp³-hybridized carbons (Fsp3) is 0.125. The van der Waals surface area contributed by atoms with Crippen LogP contribution < -0.4 is 0 Å². The lowest BCUT2D eigenvalue weighted by atomic mass is 9.91. The molecule has 0 heterocycles. The van der Waals surface area contributed by atoms with Gasteiger partial charge in [0, 0.05) is 5.92 Å². The van der Waals surface area contributed by atoms with E-state index in [1.807, 2.05) is 49.4 Å². The third kappa shape index (κ3) is 2.76. The van der Waals surface area contributed by atoms with E-state index in [0.29, 0.717) is 5.75 Å². The summed E-state index contributed by atoms with van der Waals surface area (Å²) in [5.74, 6) is 0.515. The molecule has 1 N–H and O–H groups in total. The molecule has 2 aromatic rings. The molecular formula is C16H16O. The van der Waals surface area contributed by atoms with E-state index < -0.39 is 0 Å². The predicted molar refractivity (Wildman–Crippen MR) is 71.2 cm³/mol. The minimum atomic E-state index is 0.202. The predicted octanol–water partition coefficient (Wildman–Crippen LogP) is 4.10. The first-order valence-electron chi connectivity index (χ1n) is 5.78. The fourth-order valence-corrected chi connectivity index (χ4v) is 1.99. The molecule has 0 spiro atoms. The van der Waals surface area contributed by atoms with Crippen LogP contribution >= 0.6 is 0 Å². The molecule has 0 radical (unpaired) electrons. The average molecular weight is 224 g/mol. The van der Waals surface area contributed by atoms with Gasteiger partial charge >= 0.3 is 0 Å². The summed E-state index contributed by atoms with van der Waals surface area (Å²) in [7, 11) is 0. The quantitative estimate of drug-likeness (QED) is 0.778. The summed E-state index contributed by atoms with van der Waals surface area (Å²) in [6.07, 6.45) is 4.19. The normalized spacial score (nSPS) is 12.8. The molecule has 0 bridgehead atoms. The highest BCUT2D eigenvalue weighted by Crippen LogP contribution is 2.27. The zero-order valence-electron chi connectivity index (χ0n) is 9.88. The van der Waals surface area contributed by atoms with Gasteiger partial charge in [-0.25, -0.2) is 0 Å². The van der Waals surface area contributed by atoms with E-state index in [1.54, 1.807) is 6.07 Å². The van der Waals surface area contributed by atoms with Gasteiger partial charge in [0.25, 0.3) is 0 Å². The van der Waals surface area contributed by atoms with Crippen molar-refractivity contribution in [1.29, 1.82) is 0 Å². The van der Waals surface area contributed by atoms with Crippen molar-refractivity contribution in [3.05, 3.63) is 77.9 Å². The Hall–Kier alpha value is -2.02. The van der Waals surface area contributed by atoms with Crippen molar-refractivity contribution in [1.82, 2.24) is 0 Å². The molecule has 0 fully saturated rings. The van der Waals surface area contributed by atoms with E-state index in [9.17, 15) is 5.11 Å². The molecule has 86 valence electrons. The number of aromatic hydroxyl groups is 1. The maximum Gasteiger partial charge on any atom is 0.115 e. The number of hydrogen-bond donors (Lipinski definition) is 1. The molecule has 1 heteroatoms. The number of rotatable bonds is 3. The van der Waals surface area contributed by atoms with Gasteiger partial charge in [0.1, 0.15) is 5.75 Å². The summed E-state index contributed by atoms with van der Waals surface area (Å²) >= 11 is 0. The van der Waals surface area contributed by atoms with Crippen molar-refractivity contribution < 1.29 is 5.11 Å². The summed E-state index contributed by atoms with van der Waals surface area (Å²) in [4.78, 5) is 0. The van der Waals surface area contributed by atoms with E-state index in [1.165, 1.54) is 5.56 Å². The number of phenols is 1. The maximum absolute atomic E-state index is 9.55. The summed E-state index contributed by atoms with van der Waals surface area (Å²) in [6.45, 7) is 2.01. The van der Waals surface area contributed by atoms with Crippen LogP contribution in [-0.4, -0.2) is 5.11 Å². The van der Waals surface area contributed by atoms with Gasteiger partial charge in [-0.15, -0.1) is 0 Å². The van der Waals surface area contributed by atoms with Crippen LogP contribution in [0.2, 0.25) is 0 Å². The maximum atomic E-state index is 9.55. The minimum absolute atomic E-state index is 0.202. The summed E-state index contributed by atoms with van der Waals surface area (Å²) in [5.41, 5.74) is 2.34. The van der Waals surface area contributed by atoms with Crippen LogP contribution in [0.3, 0.4) is 0 Å². The second-order valence-corrected chi connectivity index (χ2v) is 4.01. The molecule has 2 rings (SSSR count). The first-order valence-corrected chi connectivity index (χ1v) is 5.78. The molecule has 1 unspecified atom stereocenters. The Morgan fingerprint density at radius 2 is 1.65 bits per heavy atom. The summed E-state index contributed by atoms with van der Waals surface area (Å²) < 4.78 is 0. The lowest BCUT2D eigenvalue weighted by Crippen LogP contribution is -1.97. The van der Waals surface area contributed by atoms with Gasteiger partial charge in [-0.05, 0) is 30.2 Å². The Kier molecular flexibility index (Phi) is 3.61. The Morgan fingerprint density at radius 1 is 0.941 bits per heavy atom. The monoisotopic (exact) mass is 224 g/mol. The number of hydrogen-bond acceptors (Lipinski definition) is 1. The highest BCUT2D eigenvalue weighted by molar-refractivity contribution is 5.39. The van der Waals surface area contributed by atoms with Crippen LogP contribution in [-0.2, 0) is 0 Å². The van der Waals surface area contributed by atoms with E-state index in [0.717, 1.165) is 5.56 Å². The molecule has 0 saturated carbocycles. The van der Waals surface area contributed by atoms with Gasteiger partial charge < -0.3 is 5.11 Å². The van der Waals surface area contributed by atoms with Crippen LogP contribution in [0.1, 0.15) is 24.0 Å². The molecule has 0 aliphatic heterocycles. The van der Waals surface area contributed by atoms with Crippen LogP contribution in [0.25, 0.3) is 0 Å². The van der Waals surface area contributed by atoms with Crippen LogP contribution in [0.15, 0.2) is 66.7 Å². The molecular weight excluding hydrogens is 208 g/mol. The molecule has 1 atom stereocenters. The third-order valence-corrected chi connectivity index (χ3v) is 2.77. The average Bonchev–Trinajstić information content (AvgIpc) is 2.37.